The average Bonchev–Trinajstić information content (AvgIpc) is 3.96. The minimum absolute atomic E-state index is 0.0210. The summed E-state index contributed by atoms with van der Waals surface area (Å²) in [6.45, 7) is 4.36. The van der Waals surface area contributed by atoms with Gasteiger partial charge in [0, 0.05) is 50.5 Å². The maximum Gasteiger partial charge on any atom is 0.374 e. The van der Waals surface area contributed by atoms with Crippen LogP contribution in [0, 0.1) is 29.4 Å². The second kappa shape index (κ2) is 24.3. The van der Waals surface area contributed by atoms with Gasteiger partial charge in [-0.25, -0.2) is 13.6 Å². The van der Waals surface area contributed by atoms with E-state index >= 15 is 0 Å². The number of amides is 1. The van der Waals surface area contributed by atoms with Crippen LogP contribution in [0.25, 0.3) is 0 Å². The number of carbonyl (C=O) groups excluding carboxylic acids is 4. The standard InChI is InChI=1S/C19H17ClFNO3.C11H10ClFO3.C11H14O.C10H13NO/c20-15-6-5-11(7-16(15)21)8-17(24)19(25)22-18-13(10-23)9-12-3-1-2-4-14(12)18;1-2-16-11(15)10(14)6-7-3-4-8(12)9(13)5-7;1-8-10(7-12)6-9-4-2-3-5-11(8)9;11-10-8(6-12)5-7-3-1-2-4-9(7)10/h1-7,13,18,23H,8-10H2,(H,22,25);3-5H,2,6H2,1H3;2-5,8,10,12H,6-7H2,1H3;1-4,8,10,12H,5-6,11H2/t13-,18+;;2*8-,10+/m0.10/s1. The minimum atomic E-state index is -0.905. The van der Waals surface area contributed by atoms with Crippen molar-refractivity contribution in [3.05, 3.63) is 175 Å². The van der Waals surface area contributed by atoms with E-state index in [4.69, 9.17) is 39.1 Å². The number of halogens is 4. The second-order valence-corrected chi connectivity index (χ2v) is 17.0. The Morgan fingerprint density at radius 3 is 1.58 bits per heavy atom. The quantitative estimate of drug-likeness (QED) is 0.0661. The number of ketones is 2. The molecule has 3 aliphatic carbocycles. The number of aliphatic hydroxyl groups excluding tert-OH is 3. The normalized spacial score (nSPS) is 19.7. The first kappa shape index (κ1) is 50.7. The first-order valence-corrected chi connectivity index (χ1v) is 22.2. The third-order valence-corrected chi connectivity index (χ3v) is 12.5. The van der Waals surface area contributed by atoms with Gasteiger partial charge in [-0.2, -0.15) is 0 Å². The van der Waals surface area contributed by atoms with E-state index in [1.165, 1.54) is 46.5 Å². The molecule has 0 aliphatic heterocycles. The van der Waals surface area contributed by atoms with Crippen LogP contribution in [-0.2, 0) is 56.0 Å². The Hall–Kier alpha value is -5.34. The highest BCUT2D eigenvalue weighted by molar-refractivity contribution is 6.36. The zero-order chi connectivity index (χ0) is 47.2. The van der Waals surface area contributed by atoms with Gasteiger partial charge in [-0.3, -0.25) is 14.4 Å². The van der Waals surface area contributed by atoms with Gasteiger partial charge in [-0.05, 0) is 107 Å². The summed E-state index contributed by atoms with van der Waals surface area (Å²) < 4.78 is 31.0. The number of carbonyl (C=O) groups is 4. The van der Waals surface area contributed by atoms with Gasteiger partial charge in [-0.15, -0.1) is 0 Å². The van der Waals surface area contributed by atoms with Crippen molar-refractivity contribution >= 4 is 46.6 Å². The van der Waals surface area contributed by atoms with Gasteiger partial charge < -0.3 is 31.1 Å². The Labute approximate surface area is 387 Å². The molecule has 0 unspecified atom stereocenters. The summed E-state index contributed by atoms with van der Waals surface area (Å²) >= 11 is 11.1. The van der Waals surface area contributed by atoms with Crippen LogP contribution in [-0.4, -0.2) is 65.2 Å². The van der Waals surface area contributed by atoms with E-state index in [9.17, 15) is 33.1 Å². The highest BCUT2D eigenvalue weighted by Gasteiger charge is 2.34. The smallest absolute Gasteiger partial charge is 0.374 e. The van der Waals surface area contributed by atoms with Crippen LogP contribution in [0.4, 0.5) is 8.78 Å². The third kappa shape index (κ3) is 13.4. The zero-order valence-corrected chi connectivity index (χ0v) is 37.7. The summed E-state index contributed by atoms with van der Waals surface area (Å²) in [5, 5.41) is 30.4. The molecular weight excluding hydrogens is 877 g/mol. The first-order valence-electron chi connectivity index (χ1n) is 21.4. The molecule has 65 heavy (non-hydrogen) atoms. The number of nitrogens with two attached hydrogens (primary N) is 1. The molecule has 0 fully saturated rings. The van der Waals surface area contributed by atoms with Crippen molar-refractivity contribution < 1.29 is 48.0 Å². The SMILES string of the molecule is CCOC(=O)C(=O)Cc1ccc(Cl)c(F)c1.C[C@H]1c2ccccc2C[C@H]1CO.N[C@H]1c2ccccc2C[C@H]1CO.O=C(Cc1ccc(Cl)c(F)c1)C(=O)N[C@H]1c2ccccc2C[C@H]1CO. The van der Waals surface area contributed by atoms with Crippen molar-refractivity contribution in [2.24, 2.45) is 23.5 Å². The third-order valence-electron chi connectivity index (χ3n) is 11.9. The van der Waals surface area contributed by atoms with E-state index in [1.54, 1.807) is 6.92 Å². The largest absolute Gasteiger partial charge is 0.460 e. The van der Waals surface area contributed by atoms with Crippen molar-refractivity contribution in [2.45, 2.75) is 64.0 Å². The zero-order valence-electron chi connectivity index (χ0n) is 36.2. The van der Waals surface area contributed by atoms with Crippen LogP contribution in [0.5, 0.6) is 0 Å². The molecule has 0 spiro atoms. The van der Waals surface area contributed by atoms with E-state index in [0.29, 0.717) is 36.0 Å². The summed E-state index contributed by atoms with van der Waals surface area (Å²) in [4.78, 5) is 46.7. The van der Waals surface area contributed by atoms with Gasteiger partial charge >= 0.3 is 5.97 Å². The lowest BCUT2D eigenvalue weighted by Crippen LogP contribution is -2.37. The monoisotopic (exact) mass is 930 g/mol. The Bertz CT molecular complexity index is 2390. The van der Waals surface area contributed by atoms with Crippen LogP contribution in [0.2, 0.25) is 10.0 Å². The van der Waals surface area contributed by atoms with Gasteiger partial charge in [0.1, 0.15) is 11.6 Å². The molecule has 8 rings (SSSR count). The van der Waals surface area contributed by atoms with Crippen LogP contribution in [0.15, 0.2) is 109 Å². The predicted octanol–water partition coefficient (Wildman–Crippen LogP) is 7.57. The summed E-state index contributed by atoms with van der Waals surface area (Å²) in [6, 6.07) is 31.8. The number of aliphatic hydroxyl groups is 3. The fourth-order valence-corrected chi connectivity index (χ4v) is 8.52. The lowest BCUT2D eigenvalue weighted by atomic mass is 9.96. The molecule has 14 heteroatoms. The molecule has 6 atom stereocenters. The van der Waals surface area contributed by atoms with Crippen molar-refractivity contribution in [1.82, 2.24) is 5.32 Å². The van der Waals surface area contributed by atoms with Crippen LogP contribution >= 0.6 is 23.2 Å². The molecule has 6 N–H and O–H groups in total. The maximum atomic E-state index is 13.4. The molecular formula is C51H54Cl2F2N2O8. The van der Waals surface area contributed by atoms with Crippen molar-refractivity contribution in [3.63, 3.8) is 0 Å². The molecule has 0 bridgehead atoms. The number of fused-ring (bicyclic) bond motifs is 3. The molecule has 0 radical (unpaired) electrons. The molecule has 1 amide bonds. The fraction of sp³-hybridized carbons (Fsp3) is 0.333. The highest BCUT2D eigenvalue weighted by Crippen LogP contribution is 2.38. The topological polar surface area (TPSA) is 176 Å². The van der Waals surface area contributed by atoms with Crippen molar-refractivity contribution in [3.8, 4) is 0 Å². The molecule has 10 nitrogen and oxygen atoms in total. The van der Waals surface area contributed by atoms with Crippen molar-refractivity contribution in [1.29, 1.82) is 0 Å². The number of benzene rings is 5. The van der Waals surface area contributed by atoms with Crippen LogP contribution in [0.1, 0.15) is 76.4 Å². The minimum Gasteiger partial charge on any atom is -0.460 e. The number of rotatable bonds is 11. The van der Waals surface area contributed by atoms with E-state index in [1.807, 2.05) is 36.4 Å². The van der Waals surface area contributed by atoms with E-state index in [0.717, 1.165) is 36.1 Å². The predicted molar refractivity (Wildman–Crippen MR) is 245 cm³/mol. The van der Waals surface area contributed by atoms with E-state index < -0.39 is 41.1 Å². The Morgan fingerprint density at radius 2 is 1.09 bits per heavy atom. The molecule has 5 aromatic rings. The van der Waals surface area contributed by atoms with Gasteiger partial charge in [0.2, 0.25) is 11.6 Å². The molecule has 0 saturated heterocycles. The molecule has 344 valence electrons. The summed E-state index contributed by atoms with van der Waals surface area (Å²) in [6.07, 6.45) is 2.22. The number of nitrogens with one attached hydrogen (secondary N) is 1. The van der Waals surface area contributed by atoms with Crippen LogP contribution in [0.3, 0.4) is 0 Å². The van der Waals surface area contributed by atoms with Crippen LogP contribution < -0.4 is 11.1 Å². The lowest BCUT2D eigenvalue weighted by Gasteiger charge is -2.20. The highest BCUT2D eigenvalue weighted by atomic mass is 35.5. The van der Waals surface area contributed by atoms with Gasteiger partial charge in [0.05, 0.1) is 22.7 Å². The number of hydrogen-bond acceptors (Lipinski definition) is 9. The second-order valence-electron chi connectivity index (χ2n) is 16.2. The molecule has 3 aliphatic rings. The first-order chi connectivity index (χ1) is 31.2. The van der Waals surface area contributed by atoms with Gasteiger partial charge in [-0.1, -0.05) is 115 Å². The number of ether oxygens (including phenoxy) is 1. The number of Topliss-reactive ketones (excluding diaryl/α,β-unsaturated/α-hetero) is 2. The molecule has 0 saturated carbocycles. The van der Waals surface area contributed by atoms with Crippen molar-refractivity contribution in [2.75, 3.05) is 26.4 Å². The molecule has 5 aromatic carbocycles. The van der Waals surface area contributed by atoms with Gasteiger partial charge in [0.15, 0.2) is 0 Å². The fourth-order valence-electron chi connectivity index (χ4n) is 8.29. The number of hydrogen-bond donors (Lipinski definition) is 5. The lowest BCUT2D eigenvalue weighted by molar-refractivity contribution is -0.153. The molecule has 0 heterocycles. The summed E-state index contributed by atoms with van der Waals surface area (Å²) in [7, 11) is 0. The maximum absolute atomic E-state index is 13.4. The average molecular weight is 932 g/mol. The Morgan fingerprint density at radius 1 is 0.646 bits per heavy atom. The Kier molecular flexibility index (Phi) is 18.9. The number of esters is 1. The Balaban J connectivity index is 0.000000172. The summed E-state index contributed by atoms with van der Waals surface area (Å²) in [5.74, 6) is -3.22. The van der Waals surface area contributed by atoms with E-state index in [2.05, 4.69) is 53.4 Å². The summed E-state index contributed by atoms with van der Waals surface area (Å²) in [5.41, 5.74) is 14.0. The van der Waals surface area contributed by atoms with Gasteiger partial charge in [0.25, 0.3) is 5.91 Å². The molecule has 0 aromatic heterocycles. The van der Waals surface area contributed by atoms with E-state index in [-0.39, 0.29) is 60.6 Å².